The fraction of sp³-hybridized carbons (Fsp3) is 0.889. The van der Waals surface area contributed by atoms with Gasteiger partial charge < -0.3 is 9.47 Å². The van der Waals surface area contributed by atoms with Crippen LogP contribution in [0.5, 0.6) is 0 Å². The Labute approximate surface area is 124 Å². The molecule has 0 amide bonds. The van der Waals surface area contributed by atoms with E-state index in [4.69, 9.17) is 0 Å². The highest BCUT2D eigenvalue weighted by Gasteiger charge is 2.59. The molecule has 144 valence electrons. The SMILES string of the molecule is O=C(OCC(F)(F)C(F)C(F)(F)F)OCC(F)(F)C(F)C(F)(F)F. The Morgan fingerprint density at radius 1 is 0.667 bits per heavy atom. The van der Waals surface area contributed by atoms with Crippen molar-refractivity contribution in [3.63, 3.8) is 0 Å². The van der Waals surface area contributed by atoms with Crippen molar-refractivity contribution in [3.8, 4) is 0 Å². The summed E-state index contributed by atoms with van der Waals surface area (Å²) in [6, 6.07) is 0. The molecule has 2 unspecified atom stereocenters. The van der Waals surface area contributed by atoms with Crippen LogP contribution in [0, 0.1) is 0 Å². The van der Waals surface area contributed by atoms with Crippen LogP contribution in [-0.4, -0.2) is 55.9 Å². The average molecular weight is 390 g/mol. The van der Waals surface area contributed by atoms with E-state index in [1.54, 1.807) is 0 Å². The maximum Gasteiger partial charge on any atom is 0.508 e. The number of hydrogen-bond acceptors (Lipinski definition) is 3. The number of rotatable bonds is 6. The first kappa shape index (κ1) is 22.4. The van der Waals surface area contributed by atoms with Crippen LogP contribution >= 0.6 is 0 Å². The zero-order chi connectivity index (χ0) is 19.6. The molecule has 0 radical (unpaired) electrons. The second kappa shape index (κ2) is 7.13. The number of carbonyl (C=O) groups excluding carboxylic acids is 1. The molecule has 0 aliphatic carbocycles. The first-order valence-corrected chi connectivity index (χ1v) is 5.38. The lowest BCUT2D eigenvalue weighted by atomic mass is 10.2. The fourth-order valence-electron chi connectivity index (χ4n) is 0.977. The molecule has 0 fully saturated rings. The zero-order valence-corrected chi connectivity index (χ0v) is 10.8. The highest BCUT2D eigenvalue weighted by Crippen LogP contribution is 2.36. The molecule has 0 saturated carbocycles. The molecule has 0 saturated heterocycles. The van der Waals surface area contributed by atoms with E-state index in [0.29, 0.717) is 0 Å². The first-order chi connectivity index (χ1) is 10.4. The summed E-state index contributed by atoms with van der Waals surface area (Å²) in [6.45, 7) is -5.23. The van der Waals surface area contributed by atoms with Gasteiger partial charge in [0.2, 0.25) is 0 Å². The van der Waals surface area contributed by atoms with E-state index in [1.165, 1.54) is 0 Å². The van der Waals surface area contributed by atoms with E-state index in [0.717, 1.165) is 0 Å². The van der Waals surface area contributed by atoms with E-state index in [1.807, 2.05) is 0 Å². The Morgan fingerprint density at radius 2 is 0.917 bits per heavy atom. The average Bonchev–Trinajstić information content (AvgIpc) is 2.39. The van der Waals surface area contributed by atoms with Crippen LogP contribution in [0.15, 0.2) is 0 Å². The molecule has 0 aliphatic rings. The van der Waals surface area contributed by atoms with Crippen molar-refractivity contribution in [3.05, 3.63) is 0 Å². The van der Waals surface area contributed by atoms with Crippen molar-refractivity contribution in [2.75, 3.05) is 13.2 Å². The molecule has 0 rings (SSSR count). The van der Waals surface area contributed by atoms with Crippen LogP contribution in [0.3, 0.4) is 0 Å². The summed E-state index contributed by atoms with van der Waals surface area (Å²) >= 11 is 0. The minimum atomic E-state index is -6.04. The van der Waals surface area contributed by atoms with Crippen molar-refractivity contribution >= 4 is 6.16 Å². The lowest BCUT2D eigenvalue weighted by molar-refractivity contribution is -0.257. The van der Waals surface area contributed by atoms with Crippen LogP contribution in [0.1, 0.15) is 0 Å². The van der Waals surface area contributed by atoms with Crippen LogP contribution in [0.2, 0.25) is 0 Å². The second-order valence-electron chi connectivity index (χ2n) is 4.16. The molecule has 0 N–H and O–H groups in total. The van der Waals surface area contributed by atoms with E-state index in [9.17, 15) is 57.5 Å². The lowest BCUT2D eigenvalue weighted by Crippen LogP contribution is -2.46. The predicted molar refractivity (Wildman–Crippen MR) is 49.1 cm³/mol. The highest BCUT2D eigenvalue weighted by molar-refractivity contribution is 5.59. The minimum Gasteiger partial charge on any atom is -0.428 e. The molecule has 0 aromatic carbocycles. The quantitative estimate of drug-likeness (QED) is 0.504. The zero-order valence-electron chi connectivity index (χ0n) is 10.8. The van der Waals surface area contributed by atoms with Crippen LogP contribution < -0.4 is 0 Å². The summed E-state index contributed by atoms with van der Waals surface area (Å²) in [5.41, 5.74) is 0. The van der Waals surface area contributed by atoms with Crippen molar-refractivity contribution in [2.24, 2.45) is 0 Å². The van der Waals surface area contributed by atoms with Crippen molar-refractivity contribution in [1.29, 1.82) is 0 Å². The Hall–Kier alpha value is -1.57. The number of alkyl halides is 12. The van der Waals surface area contributed by atoms with Crippen molar-refractivity contribution < 1.29 is 67.0 Å². The van der Waals surface area contributed by atoms with Crippen molar-refractivity contribution in [2.45, 2.75) is 36.5 Å². The van der Waals surface area contributed by atoms with Gasteiger partial charge in [-0.3, -0.25) is 0 Å². The molecule has 3 nitrogen and oxygen atoms in total. The van der Waals surface area contributed by atoms with Crippen LogP contribution in [0.25, 0.3) is 0 Å². The molecule has 0 aromatic heterocycles. The predicted octanol–water partition coefficient (Wildman–Crippen LogP) is 4.21. The number of ether oxygens (including phenoxy) is 2. The molecule has 0 spiro atoms. The van der Waals surface area contributed by atoms with Crippen molar-refractivity contribution in [1.82, 2.24) is 0 Å². The second-order valence-corrected chi connectivity index (χ2v) is 4.16. The van der Waals surface area contributed by atoms with Gasteiger partial charge in [-0.25, -0.2) is 13.6 Å². The van der Waals surface area contributed by atoms with Gasteiger partial charge in [0.1, 0.15) is 0 Å². The van der Waals surface area contributed by atoms with Gasteiger partial charge in [-0.1, -0.05) is 0 Å². The summed E-state index contributed by atoms with van der Waals surface area (Å²) in [5.74, 6) is -10.7. The van der Waals surface area contributed by atoms with Gasteiger partial charge in [-0.2, -0.15) is 43.9 Å². The Morgan fingerprint density at radius 3 is 1.12 bits per heavy atom. The molecule has 0 aromatic rings. The summed E-state index contributed by atoms with van der Waals surface area (Å²) in [4.78, 5) is 10.6. The van der Waals surface area contributed by atoms with Gasteiger partial charge in [0, 0.05) is 0 Å². The third-order valence-electron chi connectivity index (χ3n) is 2.08. The third kappa shape index (κ3) is 6.51. The smallest absolute Gasteiger partial charge is 0.428 e. The summed E-state index contributed by atoms with van der Waals surface area (Å²) < 4.78 is 152. The molecule has 0 heterocycles. The topological polar surface area (TPSA) is 35.5 Å². The number of halogens is 12. The van der Waals surface area contributed by atoms with E-state index < -0.39 is 55.9 Å². The Kier molecular flexibility index (Phi) is 6.66. The Balaban J connectivity index is 4.57. The molecule has 2 atom stereocenters. The maximum absolute atomic E-state index is 12.6. The van der Waals surface area contributed by atoms with Gasteiger partial charge in [0.15, 0.2) is 13.2 Å². The normalized spacial score (nSPS) is 16.5. The van der Waals surface area contributed by atoms with E-state index in [2.05, 4.69) is 9.47 Å². The summed E-state index contributed by atoms with van der Waals surface area (Å²) in [7, 11) is 0. The van der Waals surface area contributed by atoms with Gasteiger partial charge in [-0.15, -0.1) is 0 Å². The maximum atomic E-state index is 12.6. The standard InChI is InChI=1S/C9H6F12O3/c10-3(8(16,17)18)6(12,13)1-23-5(22)24-2-7(14,15)4(11)9(19,20)21/h3-4H,1-2H2. The van der Waals surface area contributed by atoms with E-state index >= 15 is 0 Å². The van der Waals surface area contributed by atoms with Crippen LogP contribution in [-0.2, 0) is 9.47 Å². The monoisotopic (exact) mass is 390 g/mol. The van der Waals surface area contributed by atoms with E-state index in [-0.39, 0.29) is 0 Å². The van der Waals surface area contributed by atoms with Crippen LogP contribution in [0.4, 0.5) is 57.5 Å². The molecular weight excluding hydrogens is 384 g/mol. The molecular formula is C9H6F12O3. The molecule has 0 aliphatic heterocycles. The summed E-state index contributed by atoms with van der Waals surface area (Å²) in [5, 5.41) is 0. The van der Waals surface area contributed by atoms with Gasteiger partial charge >= 0.3 is 30.4 Å². The first-order valence-electron chi connectivity index (χ1n) is 5.38. The van der Waals surface area contributed by atoms with Gasteiger partial charge in [0.05, 0.1) is 0 Å². The van der Waals surface area contributed by atoms with Gasteiger partial charge in [-0.05, 0) is 0 Å². The van der Waals surface area contributed by atoms with Gasteiger partial charge in [0.25, 0.3) is 12.3 Å². The molecule has 15 heteroatoms. The lowest BCUT2D eigenvalue weighted by Gasteiger charge is -2.23. The molecule has 24 heavy (non-hydrogen) atoms. The fourth-order valence-corrected chi connectivity index (χ4v) is 0.977. The third-order valence-corrected chi connectivity index (χ3v) is 2.08. The number of carbonyl (C=O) groups is 1. The highest BCUT2D eigenvalue weighted by atomic mass is 19.4. The molecule has 0 bridgehead atoms. The Bertz CT molecular complexity index is 390. The largest absolute Gasteiger partial charge is 0.508 e. The summed E-state index contributed by atoms with van der Waals surface area (Å²) in [6.07, 6.45) is -24.2. The number of hydrogen-bond donors (Lipinski definition) is 0. The minimum absolute atomic E-state index is 2.59.